The summed E-state index contributed by atoms with van der Waals surface area (Å²) in [6.07, 6.45) is 2.55. The molecular formula is C20H20Br2N2O5. The number of carboxylic acids is 1. The van der Waals surface area contributed by atoms with Gasteiger partial charge in [-0.25, -0.2) is 0 Å². The summed E-state index contributed by atoms with van der Waals surface area (Å²) in [4.78, 5) is 35.6. The highest BCUT2D eigenvalue weighted by atomic mass is 79.9. The van der Waals surface area contributed by atoms with Crippen LogP contribution in [-0.4, -0.2) is 29.5 Å². The molecule has 1 aliphatic carbocycles. The van der Waals surface area contributed by atoms with Crippen LogP contribution in [0.5, 0.6) is 5.75 Å². The van der Waals surface area contributed by atoms with E-state index in [0.717, 1.165) is 32.6 Å². The SMILES string of the molecule is O=C(COc1ccc2cc(Br)ccc2c1Br)NNC(=O)[C@@H]1CCCC[C@@H]1C(=O)O. The maximum atomic E-state index is 12.3. The minimum Gasteiger partial charge on any atom is -0.483 e. The summed E-state index contributed by atoms with van der Waals surface area (Å²) in [6, 6.07) is 9.45. The summed E-state index contributed by atoms with van der Waals surface area (Å²) in [6.45, 7) is -0.298. The third-order valence-corrected chi connectivity index (χ3v) is 6.30. The molecule has 1 saturated carbocycles. The number of nitrogens with one attached hydrogen (secondary N) is 2. The molecule has 7 nitrogen and oxygen atoms in total. The van der Waals surface area contributed by atoms with Crippen LogP contribution in [0.2, 0.25) is 0 Å². The Morgan fingerprint density at radius 3 is 2.48 bits per heavy atom. The van der Waals surface area contributed by atoms with Crippen molar-refractivity contribution in [2.24, 2.45) is 11.8 Å². The smallest absolute Gasteiger partial charge is 0.307 e. The number of amides is 2. The number of carbonyl (C=O) groups is 3. The van der Waals surface area contributed by atoms with E-state index in [1.807, 2.05) is 24.3 Å². The summed E-state index contributed by atoms with van der Waals surface area (Å²) in [5, 5.41) is 11.2. The van der Waals surface area contributed by atoms with Gasteiger partial charge in [-0.1, -0.05) is 40.9 Å². The number of benzene rings is 2. The van der Waals surface area contributed by atoms with Crippen molar-refractivity contribution in [1.29, 1.82) is 0 Å². The van der Waals surface area contributed by atoms with Crippen molar-refractivity contribution < 1.29 is 24.2 Å². The molecule has 2 amide bonds. The molecule has 9 heteroatoms. The lowest BCUT2D eigenvalue weighted by Gasteiger charge is -2.27. The maximum Gasteiger partial charge on any atom is 0.307 e. The van der Waals surface area contributed by atoms with Gasteiger partial charge in [0.1, 0.15) is 5.75 Å². The highest BCUT2D eigenvalue weighted by molar-refractivity contribution is 9.11. The van der Waals surface area contributed by atoms with E-state index >= 15 is 0 Å². The van der Waals surface area contributed by atoms with Crippen molar-refractivity contribution in [3.63, 3.8) is 0 Å². The Labute approximate surface area is 184 Å². The van der Waals surface area contributed by atoms with Crippen LogP contribution in [0.1, 0.15) is 25.7 Å². The molecular weight excluding hydrogens is 508 g/mol. The van der Waals surface area contributed by atoms with Gasteiger partial charge in [-0.05, 0) is 57.7 Å². The predicted molar refractivity (Wildman–Crippen MR) is 114 cm³/mol. The van der Waals surface area contributed by atoms with Gasteiger partial charge in [0, 0.05) is 4.47 Å². The number of rotatable bonds is 5. The lowest BCUT2D eigenvalue weighted by atomic mass is 9.79. The van der Waals surface area contributed by atoms with Crippen LogP contribution in [0.4, 0.5) is 0 Å². The fourth-order valence-electron chi connectivity index (χ4n) is 3.50. The minimum atomic E-state index is -0.979. The Balaban J connectivity index is 1.54. The Hall–Kier alpha value is -2.13. The number of ether oxygens (including phenoxy) is 1. The van der Waals surface area contributed by atoms with Crippen molar-refractivity contribution in [3.05, 3.63) is 39.3 Å². The molecule has 1 fully saturated rings. The Kier molecular flexibility index (Phi) is 7.13. The maximum absolute atomic E-state index is 12.3. The Morgan fingerprint density at radius 1 is 1.03 bits per heavy atom. The molecule has 29 heavy (non-hydrogen) atoms. The number of hydrogen-bond acceptors (Lipinski definition) is 4. The second kappa shape index (κ2) is 9.58. The number of hydrazine groups is 1. The van der Waals surface area contributed by atoms with E-state index in [4.69, 9.17) is 4.74 Å². The predicted octanol–water partition coefficient (Wildman–Crippen LogP) is 3.78. The minimum absolute atomic E-state index is 0.298. The first-order valence-corrected chi connectivity index (χ1v) is 10.8. The molecule has 0 aliphatic heterocycles. The fourth-order valence-corrected chi connectivity index (χ4v) is 4.48. The standard InChI is InChI=1S/C20H20Br2N2O5/c21-12-6-7-13-11(9-12)5-8-16(18(13)22)29-10-17(25)23-24-19(26)14-3-1-2-4-15(14)20(27)28/h5-9,14-15H,1-4,10H2,(H,23,25)(H,24,26)(H,27,28)/t14-,15+/m1/s1. The van der Waals surface area contributed by atoms with Crippen LogP contribution in [0.15, 0.2) is 39.3 Å². The summed E-state index contributed by atoms with van der Waals surface area (Å²) in [5.74, 6) is -2.86. The van der Waals surface area contributed by atoms with Crippen molar-refractivity contribution in [2.75, 3.05) is 6.61 Å². The van der Waals surface area contributed by atoms with Gasteiger partial charge in [0.2, 0.25) is 5.91 Å². The molecule has 3 rings (SSSR count). The number of carbonyl (C=O) groups excluding carboxylic acids is 2. The zero-order chi connectivity index (χ0) is 21.0. The average molecular weight is 528 g/mol. The third kappa shape index (κ3) is 5.27. The molecule has 0 aromatic heterocycles. The molecule has 0 spiro atoms. The van der Waals surface area contributed by atoms with Gasteiger partial charge in [0.05, 0.1) is 16.3 Å². The van der Waals surface area contributed by atoms with Gasteiger partial charge in [0.25, 0.3) is 5.91 Å². The number of carboxylic acid groups (broad SMARTS) is 1. The molecule has 0 heterocycles. The average Bonchev–Trinajstić information content (AvgIpc) is 2.71. The van der Waals surface area contributed by atoms with Crippen molar-refractivity contribution in [3.8, 4) is 5.75 Å². The first-order chi connectivity index (χ1) is 13.9. The topological polar surface area (TPSA) is 105 Å². The molecule has 2 atom stereocenters. The van der Waals surface area contributed by atoms with Crippen LogP contribution >= 0.6 is 31.9 Å². The van der Waals surface area contributed by atoms with Crippen LogP contribution < -0.4 is 15.6 Å². The Morgan fingerprint density at radius 2 is 1.76 bits per heavy atom. The lowest BCUT2D eigenvalue weighted by molar-refractivity contribution is -0.149. The molecule has 0 unspecified atom stereocenters. The number of halogens is 2. The fraction of sp³-hybridized carbons (Fsp3) is 0.350. The van der Waals surface area contributed by atoms with Gasteiger partial charge in [-0.2, -0.15) is 0 Å². The van der Waals surface area contributed by atoms with Crippen LogP contribution in [-0.2, 0) is 14.4 Å². The van der Waals surface area contributed by atoms with Gasteiger partial charge in [-0.3, -0.25) is 25.2 Å². The van der Waals surface area contributed by atoms with E-state index in [9.17, 15) is 19.5 Å². The van der Waals surface area contributed by atoms with E-state index in [1.165, 1.54) is 0 Å². The first kappa shape index (κ1) is 21.6. The summed E-state index contributed by atoms with van der Waals surface area (Å²) in [7, 11) is 0. The number of aliphatic carboxylic acids is 1. The van der Waals surface area contributed by atoms with Crippen LogP contribution in [0.25, 0.3) is 10.8 Å². The highest BCUT2D eigenvalue weighted by Crippen LogP contribution is 2.34. The summed E-state index contributed by atoms with van der Waals surface area (Å²) in [5.41, 5.74) is 4.62. The summed E-state index contributed by atoms with van der Waals surface area (Å²) < 4.78 is 7.25. The van der Waals surface area contributed by atoms with E-state index in [2.05, 4.69) is 42.7 Å². The second-order valence-corrected chi connectivity index (χ2v) is 8.61. The number of fused-ring (bicyclic) bond motifs is 1. The molecule has 2 aromatic rings. The van der Waals surface area contributed by atoms with Crippen molar-refractivity contribution in [1.82, 2.24) is 10.9 Å². The third-order valence-electron chi connectivity index (χ3n) is 4.98. The monoisotopic (exact) mass is 526 g/mol. The number of hydrogen-bond donors (Lipinski definition) is 3. The molecule has 154 valence electrons. The molecule has 0 bridgehead atoms. The zero-order valence-electron chi connectivity index (χ0n) is 15.4. The lowest BCUT2D eigenvalue weighted by Crippen LogP contribution is -2.49. The molecule has 0 saturated heterocycles. The summed E-state index contributed by atoms with van der Waals surface area (Å²) >= 11 is 6.92. The van der Waals surface area contributed by atoms with Crippen LogP contribution in [0.3, 0.4) is 0 Å². The van der Waals surface area contributed by atoms with Gasteiger partial charge >= 0.3 is 5.97 Å². The van der Waals surface area contributed by atoms with Crippen molar-refractivity contribution in [2.45, 2.75) is 25.7 Å². The van der Waals surface area contributed by atoms with Gasteiger partial charge < -0.3 is 9.84 Å². The second-order valence-electron chi connectivity index (χ2n) is 6.90. The van der Waals surface area contributed by atoms with Crippen LogP contribution in [0, 0.1) is 11.8 Å². The highest BCUT2D eigenvalue weighted by Gasteiger charge is 2.35. The molecule has 3 N–H and O–H groups in total. The normalized spacial score (nSPS) is 18.8. The van der Waals surface area contributed by atoms with E-state index in [-0.39, 0.29) is 6.61 Å². The van der Waals surface area contributed by atoms with E-state index in [0.29, 0.717) is 18.6 Å². The van der Waals surface area contributed by atoms with Crippen molar-refractivity contribution >= 4 is 60.4 Å². The molecule has 1 aliphatic rings. The first-order valence-electron chi connectivity index (χ1n) is 9.19. The van der Waals surface area contributed by atoms with E-state index < -0.39 is 29.6 Å². The molecule has 0 radical (unpaired) electrons. The Bertz CT molecular complexity index is 950. The van der Waals surface area contributed by atoms with Gasteiger partial charge in [0.15, 0.2) is 6.61 Å². The zero-order valence-corrected chi connectivity index (χ0v) is 18.6. The quantitative estimate of drug-likeness (QED) is 0.513. The molecule has 2 aromatic carbocycles. The largest absolute Gasteiger partial charge is 0.483 e. The van der Waals surface area contributed by atoms with Gasteiger partial charge in [-0.15, -0.1) is 0 Å². The van der Waals surface area contributed by atoms with E-state index in [1.54, 1.807) is 6.07 Å².